The molecule has 2 aromatic rings. The molecule has 3 rings (SSSR count). The minimum absolute atomic E-state index is 0.242. The molecule has 0 fully saturated rings. The van der Waals surface area contributed by atoms with Crippen molar-refractivity contribution in [2.75, 3.05) is 13.2 Å². The predicted molar refractivity (Wildman–Crippen MR) is 103 cm³/mol. The predicted octanol–water partition coefficient (Wildman–Crippen LogP) is 3.74. The molecule has 0 spiro atoms. The normalized spacial score (nSPS) is 14.6. The average Bonchev–Trinajstić information content (AvgIpc) is 2.67. The average molecular weight is 431 g/mol. The lowest BCUT2D eigenvalue weighted by Crippen LogP contribution is -2.37. The highest BCUT2D eigenvalue weighted by molar-refractivity contribution is 9.10. The number of nitrogens with zero attached hydrogens (tertiary/aromatic N) is 1. The smallest absolute Gasteiger partial charge is 0.261 e. The van der Waals surface area contributed by atoms with Crippen LogP contribution in [0.3, 0.4) is 0 Å². The standard InChI is InChI=1S/C20H19BrN2O4/c1-12(16-9-18-19(10-17(16)21)26-8-7-25-18)23-20(24)13(2)27-15-5-3-14(11-22)4-6-15/h3-6,9-10,12-13H,7-8H2,1-2H3,(H,23,24). The molecule has 1 aliphatic heterocycles. The zero-order chi connectivity index (χ0) is 19.4. The summed E-state index contributed by atoms with van der Waals surface area (Å²) in [5.41, 5.74) is 1.43. The van der Waals surface area contributed by atoms with Crippen molar-refractivity contribution in [2.45, 2.75) is 26.0 Å². The molecule has 0 bridgehead atoms. The maximum Gasteiger partial charge on any atom is 0.261 e. The van der Waals surface area contributed by atoms with Crippen LogP contribution in [0.5, 0.6) is 17.2 Å². The fourth-order valence-corrected chi connectivity index (χ4v) is 3.35. The van der Waals surface area contributed by atoms with E-state index in [2.05, 4.69) is 21.2 Å². The van der Waals surface area contributed by atoms with Crippen LogP contribution in [0.4, 0.5) is 0 Å². The number of hydrogen-bond acceptors (Lipinski definition) is 5. The number of rotatable bonds is 5. The maximum atomic E-state index is 12.5. The van der Waals surface area contributed by atoms with Gasteiger partial charge in [0.15, 0.2) is 17.6 Å². The Morgan fingerprint density at radius 2 is 1.81 bits per heavy atom. The van der Waals surface area contributed by atoms with Crippen molar-refractivity contribution in [1.29, 1.82) is 5.26 Å². The third-order valence-corrected chi connectivity index (χ3v) is 4.84. The molecular formula is C20H19BrN2O4. The first-order valence-electron chi connectivity index (χ1n) is 8.54. The van der Waals surface area contributed by atoms with Crippen molar-refractivity contribution in [1.82, 2.24) is 5.32 Å². The summed E-state index contributed by atoms with van der Waals surface area (Å²) in [5.74, 6) is 1.65. The third-order valence-electron chi connectivity index (χ3n) is 4.15. The van der Waals surface area contributed by atoms with Crippen LogP contribution in [-0.4, -0.2) is 25.2 Å². The van der Waals surface area contributed by atoms with Crippen molar-refractivity contribution < 1.29 is 19.0 Å². The molecule has 1 heterocycles. The Kier molecular flexibility index (Phi) is 5.87. The van der Waals surface area contributed by atoms with Gasteiger partial charge in [0.25, 0.3) is 5.91 Å². The van der Waals surface area contributed by atoms with Gasteiger partial charge >= 0.3 is 0 Å². The van der Waals surface area contributed by atoms with Gasteiger partial charge in [-0.05, 0) is 55.8 Å². The minimum atomic E-state index is -0.684. The summed E-state index contributed by atoms with van der Waals surface area (Å²) in [4.78, 5) is 12.5. The van der Waals surface area contributed by atoms with E-state index in [4.69, 9.17) is 19.5 Å². The zero-order valence-electron chi connectivity index (χ0n) is 15.0. The lowest BCUT2D eigenvalue weighted by Gasteiger charge is -2.23. The largest absolute Gasteiger partial charge is 0.486 e. The van der Waals surface area contributed by atoms with Crippen molar-refractivity contribution in [3.05, 3.63) is 52.0 Å². The van der Waals surface area contributed by atoms with Crippen LogP contribution in [0.25, 0.3) is 0 Å². The number of carbonyl (C=O) groups excluding carboxylic acids is 1. The Hall–Kier alpha value is -2.72. The van der Waals surface area contributed by atoms with Crippen LogP contribution in [0, 0.1) is 11.3 Å². The number of fused-ring (bicyclic) bond motifs is 1. The highest BCUT2D eigenvalue weighted by Gasteiger charge is 2.22. The van der Waals surface area contributed by atoms with Crippen LogP contribution < -0.4 is 19.5 Å². The summed E-state index contributed by atoms with van der Waals surface area (Å²) in [7, 11) is 0. The Labute approximate surface area is 166 Å². The van der Waals surface area contributed by atoms with E-state index in [0.717, 1.165) is 10.0 Å². The van der Waals surface area contributed by atoms with Crippen LogP contribution in [0.1, 0.15) is 31.0 Å². The quantitative estimate of drug-likeness (QED) is 0.781. The first-order chi connectivity index (χ1) is 13.0. The van der Waals surface area contributed by atoms with E-state index in [1.165, 1.54) is 0 Å². The van der Waals surface area contributed by atoms with Gasteiger partial charge in [0.2, 0.25) is 0 Å². The summed E-state index contributed by atoms with van der Waals surface area (Å²) < 4.78 is 17.7. The molecule has 0 aliphatic carbocycles. The molecule has 140 valence electrons. The SMILES string of the molecule is CC(Oc1ccc(C#N)cc1)C(=O)NC(C)c1cc2c(cc1Br)OCCO2. The maximum absolute atomic E-state index is 12.5. The molecule has 6 nitrogen and oxygen atoms in total. The van der Waals surface area contributed by atoms with E-state index in [1.54, 1.807) is 31.2 Å². The second-order valence-electron chi connectivity index (χ2n) is 6.14. The molecule has 0 radical (unpaired) electrons. The molecule has 1 aliphatic rings. The number of halogens is 1. The van der Waals surface area contributed by atoms with Crippen molar-refractivity contribution in [2.24, 2.45) is 0 Å². The number of hydrogen-bond donors (Lipinski definition) is 1. The van der Waals surface area contributed by atoms with Gasteiger partial charge in [0.1, 0.15) is 19.0 Å². The summed E-state index contributed by atoms with van der Waals surface area (Å²) >= 11 is 3.53. The van der Waals surface area contributed by atoms with E-state index < -0.39 is 6.10 Å². The van der Waals surface area contributed by atoms with Gasteiger partial charge < -0.3 is 19.5 Å². The van der Waals surface area contributed by atoms with E-state index in [-0.39, 0.29) is 11.9 Å². The van der Waals surface area contributed by atoms with Gasteiger partial charge in [-0.3, -0.25) is 4.79 Å². The van der Waals surface area contributed by atoms with Crippen LogP contribution >= 0.6 is 15.9 Å². The number of amides is 1. The molecule has 0 aromatic heterocycles. The summed E-state index contributed by atoms with van der Waals surface area (Å²) in [5, 5.41) is 11.8. The van der Waals surface area contributed by atoms with Crippen molar-refractivity contribution >= 4 is 21.8 Å². The molecule has 2 aromatic carbocycles. The van der Waals surface area contributed by atoms with Gasteiger partial charge in [0.05, 0.1) is 17.7 Å². The second kappa shape index (κ2) is 8.31. The molecule has 1 amide bonds. The zero-order valence-corrected chi connectivity index (χ0v) is 16.6. The Morgan fingerprint density at radius 3 is 2.44 bits per heavy atom. The molecule has 7 heteroatoms. The number of benzene rings is 2. The molecule has 2 unspecified atom stereocenters. The highest BCUT2D eigenvalue weighted by atomic mass is 79.9. The second-order valence-corrected chi connectivity index (χ2v) is 7.00. The van der Waals surface area contributed by atoms with Gasteiger partial charge in [0, 0.05) is 4.47 Å². The van der Waals surface area contributed by atoms with Crippen LogP contribution in [0.2, 0.25) is 0 Å². The summed E-state index contributed by atoms with van der Waals surface area (Å²) in [6.45, 7) is 4.60. The van der Waals surface area contributed by atoms with Crippen molar-refractivity contribution in [3.63, 3.8) is 0 Å². The number of nitriles is 1. The van der Waals surface area contributed by atoms with Crippen LogP contribution in [-0.2, 0) is 4.79 Å². The lowest BCUT2D eigenvalue weighted by atomic mass is 10.1. The van der Waals surface area contributed by atoms with Crippen LogP contribution in [0.15, 0.2) is 40.9 Å². The molecule has 27 heavy (non-hydrogen) atoms. The topological polar surface area (TPSA) is 80.6 Å². The molecule has 1 N–H and O–H groups in total. The molecule has 2 atom stereocenters. The fourth-order valence-electron chi connectivity index (χ4n) is 2.69. The Bertz CT molecular complexity index is 877. The van der Waals surface area contributed by atoms with E-state index >= 15 is 0 Å². The Balaban J connectivity index is 1.65. The van der Waals surface area contributed by atoms with Gasteiger partial charge in [-0.2, -0.15) is 5.26 Å². The van der Waals surface area contributed by atoms with Gasteiger partial charge in [-0.1, -0.05) is 15.9 Å². The van der Waals surface area contributed by atoms with Gasteiger partial charge in [-0.25, -0.2) is 0 Å². The monoisotopic (exact) mass is 430 g/mol. The minimum Gasteiger partial charge on any atom is -0.486 e. The number of nitrogens with one attached hydrogen (secondary N) is 1. The van der Waals surface area contributed by atoms with E-state index in [9.17, 15) is 4.79 Å². The fraction of sp³-hybridized carbons (Fsp3) is 0.300. The van der Waals surface area contributed by atoms with E-state index in [1.807, 2.05) is 25.1 Å². The van der Waals surface area contributed by atoms with E-state index in [0.29, 0.717) is 36.0 Å². The lowest BCUT2D eigenvalue weighted by molar-refractivity contribution is -0.127. The van der Waals surface area contributed by atoms with Gasteiger partial charge in [-0.15, -0.1) is 0 Å². The molecule has 0 saturated heterocycles. The Morgan fingerprint density at radius 1 is 1.19 bits per heavy atom. The summed E-state index contributed by atoms with van der Waals surface area (Å²) in [6, 6.07) is 12.1. The molecule has 0 saturated carbocycles. The third kappa shape index (κ3) is 4.52. The summed E-state index contributed by atoms with van der Waals surface area (Å²) in [6.07, 6.45) is -0.684. The van der Waals surface area contributed by atoms with Crippen molar-refractivity contribution in [3.8, 4) is 23.3 Å². The first kappa shape index (κ1) is 19.1. The highest BCUT2D eigenvalue weighted by Crippen LogP contribution is 2.37. The molecular weight excluding hydrogens is 412 g/mol. The first-order valence-corrected chi connectivity index (χ1v) is 9.33. The number of carbonyl (C=O) groups is 1. The number of ether oxygens (including phenoxy) is 3.